The van der Waals surface area contributed by atoms with Gasteiger partial charge in [-0.25, -0.2) is 9.48 Å². The molecule has 2 heterocycles. The molecule has 0 aliphatic carbocycles. The highest BCUT2D eigenvalue weighted by molar-refractivity contribution is 5.84. The highest BCUT2D eigenvalue weighted by atomic mass is 16.5. The molecule has 0 aliphatic rings. The van der Waals surface area contributed by atoms with E-state index < -0.39 is 6.09 Å². The van der Waals surface area contributed by atoms with Gasteiger partial charge in [0.2, 0.25) is 5.43 Å². The van der Waals surface area contributed by atoms with Gasteiger partial charge < -0.3 is 4.74 Å². The first-order valence-electron chi connectivity index (χ1n) is 9.62. The third-order valence-electron chi connectivity index (χ3n) is 4.24. The van der Waals surface area contributed by atoms with Gasteiger partial charge in [-0.1, -0.05) is 19.1 Å². The molecule has 0 atom stereocenters. The second kappa shape index (κ2) is 9.18. The van der Waals surface area contributed by atoms with Crippen LogP contribution in [0.4, 0.5) is 10.5 Å². The van der Waals surface area contributed by atoms with E-state index >= 15 is 0 Å². The molecule has 3 aromatic rings. The van der Waals surface area contributed by atoms with Crippen molar-refractivity contribution in [3.05, 3.63) is 70.4 Å². The third-order valence-corrected chi connectivity index (χ3v) is 4.24. The molecule has 3 rings (SSSR count). The zero-order valence-electron chi connectivity index (χ0n) is 16.8. The van der Waals surface area contributed by atoms with Gasteiger partial charge in [0, 0.05) is 30.4 Å². The van der Waals surface area contributed by atoms with E-state index in [1.165, 1.54) is 6.07 Å². The Morgan fingerprint density at radius 3 is 2.83 bits per heavy atom. The number of anilines is 1. The van der Waals surface area contributed by atoms with Crippen LogP contribution in [-0.4, -0.2) is 32.3 Å². The third kappa shape index (κ3) is 5.31. The zero-order chi connectivity index (χ0) is 20.8. The fraction of sp³-hybridized carbons (Fsp3) is 0.333. The minimum Gasteiger partial charge on any atom is -0.449 e. The van der Waals surface area contributed by atoms with Crippen LogP contribution in [0.15, 0.2) is 53.7 Å². The number of hydrogen-bond donors (Lipinski definition) is 1. The molecule has 1 N–H and O–H groups in total. The summed E-state index contributed by atoms with van der Waals surface area (Å²) in [6.07, 6.45) is 5.85. The summed E-state index contributed by atoms with van der Waals surface area (Å²) in [4.78, 5) is 24.1. The van der Waals surface area contributed by atoms with Crippen LogP contribution in [0, 0.1) is 0 Å². The molecule has 0 saturated heterocycles. The first-order chi connectivity index (χ1) is 14.0. The molecule has 8 nitrogen and oxygen atoms in total. The summed E-state index contributed by atoms with van der Waals surface area (Å²) in [6, 6.07) is 9.02. The summed E-state index contributed by atoms with van der Waals surface area (Å²) >= 11 is 0. The van der Waals surface area contributed by atoms with Gasteiger partial charge in [-0.05, 0) is 38.0 Å². The average molecular weight is 395 g/mol. The van der Waals surface area contributed by atoms with Crippen LogP contribution in [0.1, 0.15) is 44.5 Å². The Labute approximate surface area is 169 Å². The second-order valence-corrected chi connectivity index (χ2v) is 6.98. The normalized spacial score (nSPS) is 10.9. The van der Waals surface area contributed by atoms with Gasteiger partial charge >= 0.3 is 6.09 Å². The number of aromatic nitrogens is 4. The maximum atomic E-state index is 12.3. The predicted molar refractivity (Wildman–Crippen MR) is 111 cm³/mol. The molecule has 2 aromatic heterocycles. The van der Waals surface area contributed by atoms with Crippen molar-refractivity contribution in [1.29, 1.82) is 0 Å². The SMILES string of the molecule is CCCOC(=O)Nc1cccc(Cc2nn(-c3cnn(C(C)C)c3)ccc2=O)c1. The fourth-order valence-corrected chi connectivity index (χ4v) is 2.74. The molecular weight excluding hydrogens is 370 g/mol. The highest BCUT2D eigenvalue weighted by Crippen LogP contribution is 2.14. The van der Waals surface area contributed by atoms with E-state index in [1.807, 2.05) is 49.8 Å². The van der Waals surface area contributed by atoms with E-state index in [9.17, 15) is 9.59 Å². The first kappa shape index (κ1) is 20.3. The molecule has 0 radical (unpaired) electrons. The van der Waals surface area contributed by atoms with Crippen molar-refractivity contribution >= 4 is 11.8 Å². The van der Waals surface area contributed by atoms with Gasteiger partial charge in [0.15, 0.2) is 0 Å². The zero-order valence-corrected chi connectivity index (χ0v) is 16.8. The van der Waals surface area contributed by atoms with Gasteiger partial charge in [-0.3, -0.25) is 14.8 Å². The minimum atomic E-state index is -0.494. The monoisotopic (exact) mass is 395 g/mol. The van der Waals surface area contributed by atoms with E-state index in [-0.39, 0.29) is 11.5 Å². The number of nitrogens with one attached hydrogen (secondary N) is 1. The molecule has 29 heavy (non-hydrogen) atoms. The lowest BCUT2D eigenvalue weighted by Gasteiger charge is -2.09. The van der Waals surface area contributed by atoms with E-state index in [1.54, 1.807) is 23.1 Å². The van der Waals surface area contributed by atoms with Gasteiger partial charge in [-0.2, -0.15) is 10.2 Å². The van der Waals surface area contributed by atoms with Crippen molar-refractivity contribution in [1.82, 2.24) is 19.6 Å². The smallest absolute Gasteiger partial charge is 0.411 e. The maximum absolute atomic E-state index is 12.3. The second-order valence-electron chi connectivity index (χ2n) is 6.98. The number of benzene rings is 1. The van der Waals surface area contributed by atoms with Crippen molar-refractivity contribution < 1.29 is 9.53 Å². The van der Waals surface area contributed by atoms with Crippen LogP contribution in [0.2, 0.25) is 0 Å². The van der Waals surface area contributed by atoms with Gasteiger partial charge in [0.25, 0.3) is 0 Å². The summed E-state index contributed by atoms with van der Waals surface area (Å²) in [5.74, 6) is 0. The van der Waals surface area contributed by atoms with Gasteiger partial charge in [-0.15, -0.1) is 0 Å². The summed E-state index contributed by atoms with van der Waals surface area (Å²) in [7, 11) is 0. The van der Waals surface area contributed by atoms with Crippen LogP contribution in [0.25, 0.3) is 5.69 Å². The first-order valence-corrected chi connectivity index (χ1v) is 9.62. The van der Waals surface area contributed by atoms with Gasteiger partial charge in [0.05, 0.1) is 19.0 Å². The van der Waals surface area contributed by atoms with E-state index in [0.717, 1.165) is 17.7 Å². The van der Waals surface area contributed by atoms with Crippen LogP contribution in [0.3, 0.4) is 0 Å². The van der Waals surface area contributed by atoms with Crippen molar-refractivity contribution in [3.8, 4) is 5.69 Å². The fourth-order valence-electron chi connectivity index (χ4n) is 2.74. The van der Waals surface area contributed by atoms with Crippen molar-refractivity contribution in [3.63, 3.8) is 0 Å². The number of carbonyl (C=O) groups excluding carboxylic acids is 1. The number of amides is 1. The number of carbonyl (C=O) groups is 1. The molecule has 0 saturated carbocycles. The lowest BCUT2D eigenvalue weighted by atomic mass is 10.1. The van der Waals surface area contributed by atoms with Crippen LogP contribution in [0.5, 0.6) is 0 Å². The topological polar surface area (TPSA) is 91.0 Å². The van der Waals surface area contributed by atoms with Crippen molar-refractivity contribution in [2.75, 3.05) is 11.9 Å². The minimum absolute atomic E-state index is 0.141. The van der Waals surface area contributed by atoms with Gasteiger partial charge in [0.1, 0.15) is 11.4 Å². The van der Waals surface area contributed by atoms with Crippen molar-refractivity contribution in [2.24, 2.45) is 0 Å². The van der Waals surface area contributed by atoms with Crippen LogP contribution < -0.4 is 10.7 Å². The molecule has 8 heteroatoms. The Balaban J connectivity index is 1.78. The number of ether oxygens (including phenoxy) is 1. The summed E-state index contributed by atoms with van der Waals surface area (Å²) in [5.41, 5.74) is 2.53. The molecule has 1 aromatic carbocycles. The molecular formula is C21H25N5O3. The lowest BCUT2D eigenvalue weighted by molar-refractivity contribution is 0.161. The lowest BCUT2D eigenvalue weighted by Crippen LogP contribution is -2.16. The summed E-state index contributed by atoms with van der Waals surface area (Å²) in [6.45, 7) is 6.38. The molecule has 0 bridgehead atoms. The van der Waals surface area contributed by atoms with Crippen LogP contribution >= 0.6 is 0 Å². The molecule has 0 unspecified atom stereocenters. The highest BCUT2D eigenvalue weighted by Gasteiger charge is 2.09. The average Bonchev–Trinajstić information content (AvgIpc) is 3.19. The Kier molecular flexibility index (Phi) is 6.43. The standard InChI is InChI=1S/C21H25N5O3/c1-4-10-29-21(28)23-17-7-5-6-16(11-17)12-19-20(27)8-9-25(24-19)18-13-22-26(14-18)15(2)3/h5-9,11,13-15H,4,10,12H2,1-3H3,(H,23,28). The molecule has 0 fully saturated rings. The number of rotatable bonds is 7. The van der Waals surface area contributed by atoms with Crippen molar-refractivity contribution in [2.45, 2.75) is 39.7 Å². The Bertz CT molecular complexity index is 1040. The Hall–Kier alpha value is -3.42. The Morgan fingerprint density at radius 1 is 1.28 bits per heavy atom. The van der Waals surface area contributed by atoms with E-state index in [4.69, 9.17) is 4.74 Å². The summed E-state index contributed by atoms with van der Waals surface area (Å²) in [5, 5.41) is 11.5. The Morgan fingerprint density at radius 2 is 2.10 bits per heavy atom. The van der Waals surface area contributed by atoms with E-state index in [0.29, 0.717) is 24.4 Å². The molecule has 0 spiro atoms. The number of nitrogens with zero attached hydrogens (tertiary/aromatic N) is 4. The maximum Gasteiger partial charge on any atom is 0.411 e. The molecule has 152 valence electrons. The quantitative estimate of drug-likeness (QED) is 0.660. The molecule has 1 amide bonds. The summed E-state index contributed by atoms with van der Waals surface area (Å²) < 4.78 is 8.51. The van der Waals surface area contributed by atoms with E-state index in [2.05, 4.69) is 15.5 Å². The van der Waals surface area contributed by atoms with Crippen LogP contribution in [-0.2, 0) is 11.2 Å². The molecule has 0 aliphatic heterocycles. The number of hydrogen-bond acceptors (Lipinski definition) is 5. The largest absolute Gasteiger partial charge is 0.449 e. The predicted octanol–water partition coefficient (Wildman–Crippen LogP) is 3.56.